The molecule has 0 aromatic carbocycles. The van der Waals surface area contributed by atoms with Crippen LogP contribution in [0.4, 0.5) is 29.5 Å². The lowest BCUT2D eigenvalue weighted by Gasteiger charge is -2.36. The van der Waals surface area contributed by atoms with E-state index in [1.54, 1.807) is 20.0 Å². The summed E-state index contributed by atoms with van der Waals surface area (Å²) >= 11 is 1.46. The van der Waals surface area contributed by atoms with Crippen LogP contribution in [0.3, 0.4) is 0 Å². The number of anilines is 2. The van der Waals surface area contributed by atoms with Crippen molar-refractivity contribution in [2.24, 2.45) is 0 Å². The van der Waals surface area contributed by atoms with Crippen LogP contribution in [-0.4, -0.2) is 65.3 Å². The van der Waals surface area contributed by atoms with E-state index in [-0.39, 0.29) is 6.03 Å². The second-order valence-electron chi connectivity index (χ2n) is 9.01. The molecule has 2 N–H and O–H groups in total. The molecule has 0 aliphatic carbocycles. The molecule has 0 radical (unpaired) electrons. The minimum atomic E-state index is -4.53. The summed E-state index contributed by atoms with van der Waals surface area (Å²) in [4.78, 5) is 25.2. The zero-order valence-electron chi connectivity index (χ0n) is 20.8. The first kappa shape index (κ1) is 25.9. The van der Waals surface area contributed by atoms with Crippen LogP contribution in [0.1, 0.15) is 17.1 Å². The third-order valence-electron chi connectivity index (χ3n) is 6.49. The van der Waals surface area contributed by atoms with Gasteiger partial charge in [0, 0.05) is 56.4 Å². The zero-order valence-corrected chi connectivity index (χ0v) is 21.6. The fraction of sp³-hybridized carbons (Fsp3) is 0.360. The van der Waals surface area contributed by atoms with Gasteiger partial charge in [-0.1, -0.05) is 5.16 Å². The number of piperazine rings is 1. The Balaban J connectivity index is 1.24. The average molecular weight is 546 g/mol. The Morgan fingerprint density at radius 2 is 1.95 bits per heavy atom. The van der Waals surface area contributed by atoms with Crippen molar-refractivity contribution in [3.63, 3.8) is 0 Å². The number of fused-ring (bicyclic) bond motifs is 1. The van der Waals surface area contributed by atoms with Gasteiger partial charge in [-0.2, -0.15) is 24.5 Å². The highest BCUT2D eigenvalue weighted by atomic mass is 32.1. The van der Waals surface area contributed by atoms with Crippen LogP contribution in [0.15, 0.2) is 39.7 Å². The highest BCUT2D eigenvalue weighted by Crippen LogP contribution is 2.36. The molecular formula is C25H26F3N7O2S. The summed E-state index contributed by atoms with van der Waals surface area (Å²) < 4.78 is 45.4. The SMILES string of the molecule is Cc1noc(C)c1NC(=O)NCCN1CCN(c2ncc(-c3ccsc3)c3nc(C(F)(F)F)ccc23)CC1. The number of amides is 2. The molecule has 4 aromatic rings. The lowest BCUT2D eigenvalue weighted by molar-refractivity contribution is -0.140. The van der Waals surface area contributed by atoms with Crippen molar-refractivity contribution in [3.8, 4) is 11.1 Å². The van der Waals surface area contributed by atoms with Crippen molar-refractivity contribution in [1.29, 1.82) is 0 Å². The van der Waals surface area contributed by atoms with Crippen LogP contribution >= 0.6 is 11.3 Å². The van der Waals surface area contributed by atoms with Gasteiger partial charge in [0.15, 0.2) is 5.76 Å². The lowest BCUT2D eigenvalue weighted by Crippen LogP contribution is -2.49. The van der Waals surface area contributed by atoms with Crippen LogP contribution in [-0.2, 0) is 6.18 Å². The van der Waals surface area contributed by atoms with E-state index in [0.29, 0.717) is 65.6 Å². The topological polar surface area (TPSA) is 99.4 Å². The molecule has 13 heteroatoms. The number of nitrogens with one attached hydrogen (secondary N) is 2. The number of carbonyl (C=O) groups excluding carboxylic acids is 1. The predicted molar refractivity (Wildman–Crippen MR) is 140 cm³/mol. The quantitative estimate of drug-likeness (QED) is 0.355. The zero-order chi connectivity index (χ0) is 26.9. The fourth-order valence-electron chi connectivity index (χ4n) is 4.47. The molecule has 1 aliphatic heterocycles. The minimum absolute atomic E-state index is 0.291. The predicted octanol–water partition coefficient (Wildman–Crippen LogP) is 4.93. The van der Waals surface area contributed by atoms with Crippen LogP contribution < -0.4 is 15.5 Å². The van der Waals surface area contributed by atoms with Crippen molar-refractivity contribution in [2.75, 3.05) is 49.5 Å². The number of halogens is 3. The monoisotopic (exact) mass is 545 g/mol. The van der Waals surface area contributed by atoms with E-state index in [2.05, 4.69) is 35.6 Å². The van der Waals surface area contributed by atoms with Crippen LogP contribution in [0.2, 0.25) is 0 Å². The number of aromatic nitrogens is 3. The highest BCUT2D eigenvalue weighted by molar-refractivity contribution is 7.08. The van der Waals surface area contributed by atoms with E-state index in [4.69, 9.17) is 4.52 Å². The van der Waals surface area contributed by atoms with Gasteiger partial charge in [-0.05, 0) is 48.4 Å². The van der Waals surface area contributed by atoms with Gasteiger partial charge in [-0.25, -0.2) is 14.8 Å². The van der Waals surface area contributed by atoms with Gasteiger partial charge in [-0.3, -0.25) is 4.90 Å². The van der Waals surface area contributed by atoms with Crippen LogP contribution in [0.5, 0.6) is 0 Å². The largest absolute Gasteiger partial charge is 0.433 e. The second-order valence-corrected chi connectivity index (χ2v) is 9.79. The number of alkyl halides is 3. The molecule has 2 amide bonds. The maximum atomic E-state index is 13.4. The van der Waals surface area contributed by atoms with E-state index in [0.717, 1.165) is 24.7 Å². The summed E-state index contributed by atoms with van der Waals surface area (Å²) in [6.45, 7) is 7.32. The minimum Gasteiger partial charge on any atom is -0.359 e. The molecule has 0 saturated carbocycles. The Hall–Kier alpha value is -3.71. The molecule has 5 rings (SSSR count). The molecule has 9 nitrogen and oxygen atoms in total. The van der Waals surface area contributed by atoms with Gasteiger partial charge in [0.1, 0.15) is 22.9 Å². The first-order chi connectivity index (χ1) is 18.2. The maximum absolute atomic E-state index is 13.4. The summed E-state index contributed by atoms with van der Waals surface area (Å²) in [6, 6.07) is 4.01. The van der Waals surface area contributed by atoms with E-state index < -0.39 is 11.9 Å². The average Bonchev–Trinajstić information content (AvgIpc) is 3.54. The third-order valence-corrected chi connectivity index (χ3v) is 7.17. The Bertz CT molecular complexity index is 1410. The van der Waals surface area contributed by atoms with Crippen LogP contribution in [0, 0.1) is 13.8 Å². The van der Waals surface area contributed by atoms with Gasteiger partial charge in [0.05, 0.1) is 5.52 Å². The lowest BCUT2D eigenvalue weighted by atomic mass is 10.1. The van der Waals surface area contributed by atoms with E-state index in [9.17, 15) is 18.0 Å². The van der Waals surface area contributed by atoms with Gasteiger partial charge in [0.2, 0.25) is 0 Å². The normalized spacial score (nSPS) is 14.7. The van der Waals surface area contributed by atoms with Crippen LogP contribution in [0.25, 0.3) is 22.0 Å². The van der Waals surface area contributed by atoms with E-state index in [1.807, 2.05) is 16.8 Å². The molecule has 0 unspecified atom stereocenters. The molecule has 200 valence electrons. The standard InChI is InChI=1S/C25H26F3N7O2S/c1-15-21(16(2)37-33-15)32-24(36)29-6-7-34-8-10-35(11-9-34)23-18-3-4-20(25(26,27)28)31-22(18)19(13-30-23)17-5-12-38-14-17/h3-5,12-14H,6-11H2,1-2H3,(H2,29,32,36). The number of aryl methyl sites for hydroxylation is 2. The Morgan fingerprint density at radius 3 is 2.61 bits per heavy atom. The first-order valence-corrected chi connectivity index (χ1v) is 13.0. The molecule has 1 saturated heterocycles. The molecule has 0 bridgehead atoms. The van der Waals surface area contributed by atoms with Crippen molar-refractivity contribution in [2.45, 2.75) is 20.0 Å². The van der Waals surface area contributed by atoms with E-state index >= 15 is 0 Å². The summed E-state index contributed by atoms with van der Waals surface area (Å²) in [5, 5.41) is 13.7. The van der Waals surface area contributed by atoms with Gasteiger partial charge >= 0.3 is 12.2 Å². The molecule has 0 spiro atoms. The number of nitrogens with zero attached hydrogens (tertiary/aromatic N) is 5. The highest BCUT2D eigenvalue weighted by Gasteiger charge is 2.33. The number of urea groups is 1. The summed E-state index contributed by atoms with van der Waals surface area (Å²) in [7, 11) is 0. The second kappa shape index (κ2) is 10.6. The molecule has 5 heterocycles. The molecule has 38 heavy (non-hydrogen) atoms. The summed E-state index contributed by atoms with van der Waals surface area (Å²) in [5.41, 5.74) is 1.92. The number of hydrogen-bond acceptors (Lipinski definition) is 8. The molecular weight excluding hydrogens is 519 g/mol. The number of rotatable bonds is 6. The number of pyridine rings is 2. The Labute approximate surface area is 220 Å². The van der Waals surface area contributed by atoms with Crippen molar-refractivity contribution in [3.05, 3.63) is 52.3 Å². The Kier molecular flexibility index (Phi) is 7.21. The van der Waals surface area contributed by atoms with Gasteiger partial charge in [-0.15, -0.1) is 0 Å². The maximum Gasteiger partial charge on any atom is 0.433 e. The Morgan fingerprint density at radius 1 is 1.16 bits per heavy atom. The number of carbonyl (C=O) groups is 1. The summed E-state index contributed by atoms with van der Waals surface area (Å²) in [6.07, 6.45) is -2.92. The fourth-order valence-corrected chi connectivity index (χ4v) is 5.13. The molecule has 4 aromatic heterocycles. The number of thiophene rings is 1. The third kappa shape index (κ3) is 5.43. The van der Waals surface area contributed by atoms with Crippen molar-refractivity contribution < 1.29 is 22.5 Å². The van der Waals surface area contributed by atoms with E-state index in [1.165, 1.54) is 17.4 Å². The molecule has 0 atom stereocenters. The molecule has 1 fully saturated rings. The first-order valence-electron chi connectivity index (χ1n) is 12.1. The number of hydrogen-bond donors (Lipinski definition) is 2. The van der Waals surface area contributed by atoms with Crippen molar-refractivity contribution in [1.82, 2.24) is 25.3 Å². The van der Waals surface area contributed by atoms with Gasteiger partial charge in [0.25, 0.3) is 0 Å². The van der Waals surface area contributed by atoms with Gasteiger partial charge < -0.3 is 20.1 Å². The molecule has 1 aliphatic rings. The smallest absolute Gasteiger partial charge is 0.359 e. The van der Waals surface area contributed by atoms with Crippen molar-refractivity contribution >= 4 is 39.8 Å². The summed E-state index contributed by atoms with van der Waals surface area (Å²) in [5.74, 6) is 1.17.